The molecule has 2 aromatic carbocycles. The molecule has 1 N–H and O–H groups in total. The summed E-state index contributed by atoms with van der Waals surface area (Å²) >= 11 is 0. The van der Waals surface area contributed by atoms with Crippen LogP contribution >= 0.6 is 0 Å². The maximum absolute atomic E-state index is 13.0. The van der Waals surface area contributed by atoms with Gasteiger partial charge in [-0.3, -0.25) is 4.79 Å². The molecule has 0 atom stereocenters. The number of nitrogens with one attached hydrogen (secondary N) is 1. The lowest BCUT2D eigenvalue weighted by Gasteiger charge is -2.07. The van der Waals surface area contributed by atoms with Gasteiger partial charge in [0, 0.05) is 23.0 Å². The fourth-order valence-corrected chi connectivity index (χ4v) is 3.42. The molecule has 0 saturated heterocycles. The molecule has 3 heterocycles. The molecule has 0 aliphatic carbocycles. The summed E-state index contributed by atoms with van der Waals surface area (Å²) < 4.78 is 3.26. The SMILES string of the molecule is Cc1cc(C)n2nc(C(=O)Nc3cc(-c4ccccc4)nn3-c3ccccc3)nc2n1. The Bertz CT molecular complexity index is 1390. The maximum atomic E-state index is 13.0. The predicted molar refractivity (Wildman–Crippen MR) is 117 cm³/mol. The Balaban J connectivity index is 1.54. The molecular weight excluding hydrogens is 390 g/mol. The van der Waals surface area contributed by atoms with Crippen molar-refractivity contribution in [3.05, 3.63) is 90.0 Å². The molecule has 0 saturated carbocycles. The summed E-state index contributed by atoms with van der Waals surface area (Å²) in [5.74, 6) is 0.529. The van der Waals surface area contributed by atoms with Gasteiger partial charge in [-0.1, -0.05) is 48.5 Å². The van der Waals surface area contributed by atoms with E-state index in [9.17, 15) is 4.79 Å². The predicted octanol–water partition coefficient (Wildman–Crippen LogP) is 3.85. The Hall–Kier alpha value is -4.33. The summed E-state index contributed by atoms with van der Waals surface area (Å²) in [6, 6.07) is 23.2. The molecule has 5 aromatic rings. The molecule has 31 heavy (non-hydrogen) atoms. The Morgan fingerprint density at radius 2 is 1.58 bits per heavy atom. The minimum atomic E-state index is -0.431. The van der Waals surface area contributed by atoms with Crippen molar-refractivity contribution in [3.8, 4) is 16.9 Å². The summed E-state index contributed by atoms with van der Waals surface area (Å²) in [5, 5.41) is 11.9. The smallest absolute Gasteiger partial charge is 0.296 e. The lowest BCUT2D eigenvalue weighted by Crippen LogP contribution is -2.16. The van der Waals surface area contributed by atoms with Crippen molar-refractivity contribution in [2.24, 2.45) is 0 Å². The van der Waals surface area contributed by atoms with Crippen LogP contribution in [0.1, 0.15) is 22.0 Å². The third-order valence-corrected chi connectivity index (χ3v) is 4.84. The van der Waals surface area contributed by atoms with Crippen LogP contribution in [0.15, 0.2) is 72.8 Å². The van der Waals surface area contributed by atoms with Gasteiger partial charge in [-0.2, -0.15) is 10.1 Å². The number of nitrogens with zero attached hydrogens (tertiary/aromatic N) is 6. The van der Waals surface area contributed by atoms with Gasteiger partial charge in [0.2, 0.25) is 5.82 Å². The number of carbonyl (C=O) groups is 1. The zero-order valence-electron chi connectivity index (χ0n) is 17.0. The monoisotopic (exact) mass is 409 g/mol. The van der Waals surface area contributed by atoms with Crippen molar-refractivity contribution in [2.75, 3.05) is 5.32 Å². The highest BCUT2D eigenvalue weighted by atomic mass is 16.2. The van der Waals surface area contributed by atoms with E-state index in [0.717, 1.165) is 28.3 Å². The molecule has 5 rings (SSSR count). The number of fused-ring (bicyclic) bond motifs is 1. The van der Waals surface area contributed by atoms with Crippen molar-refractivity contribution in [1.29, 1.82) is 0 Å². The number of hydrogen-bond donors (Lipinski definition) is 1. The molecule has 3 aromatic heterocycles. The van der Waals surface area contributed by atoms with E-state index in [1.54, 1.807) is 9.20 Å². The second-order valence-electron chi connectivity index (χ2n) is 7.17. The molecule has 8 nitrogen and oxygen atoms in total. The molecule has 0 unspecified atom stereocenters. The first kappa shape index (κ1) is 18.7. The highest BCUT2D eigenvalue weighted by Gasteiger charge is 2.19. The Labute approximate surface area is 178 Å². The van der Waals surface area contributed by atoms with Crippen LogP contribution in [-0.2, 0) is 0 Å². The van der Waals surface area contributed by atoms with Gasteiger partial charge < -0.3 is 5.32 Å². The summed E-state index contributed by atoms with van der Waals surface area (Å²) in [5.41, 5.74) is 4.20. The van der Waals surface area contributed by atoms with Crippen LogP contribution in [0.2, 0.25) is 0 Å². The quantitative estimate of drug-likeness (QED) is 0.487. The van der Waals surface area contributed by atoms with E-state index < -0.39 is 5.91 Å². The van der Waals surface area contributed by atoms with E-state index in [4.69, 9.17) is 5.10 Å². The summed E-state index contributed by atoms with van der Waals surface area (Å²) in [4.78, 5) is 21.6. The standard InChI is InChI=1S/C23H19N7O/c1-15-13-16(2)29-23(24-15)26-21(28-29)22(31)25-20-14-19(17-9-5-3-6-10-17)27-30(20)18-11-7-4-8-12-18/h3-14H,1-2H3,(H,25,31). The van der Waals surface area contributed by atoms with E-state index >= 15 is 0 Å². The van der Waals surface area contributed by atoms with Crippen LogP contribution in [0.5, 0.6) is 0 Å². The van der Waals surface area contributed by atoms with Crippen LogP contribution in [0.4, 0.5) is 5.82 Å². The van der Waals surface area contributed by atoms with Gasteiger partial charge in [-0.25, -0.2) is 14.2 Å². The van der Waals surface area contributed by atoms with Crippen LogP contribution in [0.25, 0.3) is 22.7 Å². The van der Waals surface area contributed by atoms with Crippen molar-refractivity contribution in [1.82, 2.24) is 29.4 Å². The fourth-order valence-electron chi connectivity index (χ4n) is 3.42. The van der Waals surface area contributed by atoms with Crippen molar-refractivity contribution < 1.29 is 4.79 Å². The summed E-state index contributed by atoms with van der Waals surface area (Å²) in [7, 11) is 0. The highest BCUT2D eigenvalue weighted by molar-refractivity contribution is 6.01. The number of aromatic nitrogens is 6. The van der Waals surface area contributed by atoms with Crippen LogP contribution < -0.4 is 5.32 Å². The number of rotatable bonds is 4. The number of hydrogen-bond acceptors (Lipinski definition) is 5. The Morgan fingerprint density at radius 3 is 2.32 bits per heavy atom. The minimum Gasteiger partial charge on any atom is -0.304 e. The first-order valence-corrected chi connectivity index (χ1v) is 9.82. The van der Waals surface area contributed by atoms with Gasteiger partial charge in [0.05, 0.1) is 11.4 Å². The Morgan fingerprint density at radius 1 is 0.871 bits per heavy atom. The molecule has 0 fully saturated rings. The minimum absolute atomic E-state index is 0.0447. The number of carbonyl (C=O) groups excluding carboxylic acids is 1. The van der Waals surface area contributed by atoms with Gasteiger partial charge >= 0.3 is 0 Å². The number of aryl methyl sites for hydroxylation is 2. The van der Waals surface area contributed by atoms with E-state index in [1.165, 1.54) is 0 Å². The third-order valence-electron chi connectivity index (χ3n) is 4.84. The molecule has 152 valence electrons. The number of anilines is 1. The molecule has 1 amide bonds. The molecule has 0 bridgehead atoms. The first-order valence-electron chi connectivity index (χ1n) is 9.82. The van der Waals surface area contributed by atoms with Gasteiger partial charge in [-0.15, -0.1) is 5.10 Å². The van der Waals surface area contributed by atoms with Crippen molar-refractivity contribution in [3.63, 3.8) is 0 Å². The zero-order chi connectivity index (χ0) is 21.4. The van der Waals surface area contributed by atoms with E-state index in [-0.39, 0.29) is 5.82 Å². The van der Waals surface area contributed by atoms with E-state index in [1.807, 2.05) is 86.6 Å². The van der Waals surface area contributed by atoms with Crippen LogP contribution in [-0.4, -0.2) is 35.3 Å². The normalized spacial score (nSPS) is 11.0. The molecule has 8 heteroatoms. The Kier molecular flexibility index (Phi) is 4.51. The molecule has 0 spiro atoms. The van der Waals surface area contributed by atoms with Gasteiger partial charge in [0.15, 0.2) is 0 Å². The van der Waals surface area contributed by atoms with Gasteiger partial charge in [0.1, 0.15) is 5.82 Å². The first-order chi connectivity index (χ1) is 15.1. The maximum Gasteiger partial charge on any atom is 0.296 e. The third kappa shape index (κ3) is 3.55. The zero-order valence-corrected chi connectivity index (χ0v) is 17.0. The fraction of sp³-hybridized carbons (Fsp3) is 0.0870. The second kappa shape index (κ2) is 7.49. The molecule has 0 aliphatic heterocycles. The summed E-state index contributed by atoms with van der Waals surface area (Å²) in [6.07, 6.45) is 0. The number of para-hydroxylation sites is 1. The highest BCUT2D eigenvalue weighted by Crippen LogP contribution is 2.25. The van der Waals surface area contributed by atoms with Crippen molar-refractivity contribution >= 4 is 17.5 Å². The average Bonchev–Trinajstić information content (AvgIpc) is 3.40. The largest absolute Gasteiger partial charge is 0.304 e. The lowest BCUT2D eigenvalue weighted by molar-refractivity contribution is 0.101. The average molecular weight is 409 g/mol. The molecular formula is C23H19N7O. The van der Waals surface area contributed by atoms with Crippen LogP contribution in [0.3, 0.4) is 0 Å². The number of benzene rings is 2. The topological polar surface area (TPSA) is 90.0 Å². The van der Waals surface area contributed by atoms with Crippen molar-refractivity contribution in [2.45, 2.75) is 13.8 Å². The van der Waals surface area contributed by atoms with Gasteiger partial charge in [0.25, 0.3) is 11.7 Å². The molecule has 0 aliphatic rings. The van der Waals surface area contributed by atoms with Gasteiger partial charge in [-0.05, 0) is 32.0 Å². The lowest BCUT2D eigenvalue weighted by atomic mass is 10.2. The summed E-state index contributed by atoms with van der Waals surface area (Å²) in [6.45, 7) is 3.78. The van der Waals surface area contributed by atoms with E-state index in [2.05, 4.69) is 20.4 Å². The second-order valence-corrected chi connectivity index (χ2v) is 7.17. The number of amides is 1. The van der Waals surface area contributed by atoms with Crippen LogP contribution in [0, 0.1) is 13.8 Å². The molecule has 0 radical (unpaired) electrons. The van der Waals surface area contributed by atoms with E-state index in [0.29, 0.717) is 11.6 Å².